The molecule has 0 fully saturated rings. The number of amides is 1. The van der Waals surface area contributed by atoms with Gasteiger partial charge in [-0.2, -0.15) is 0 Å². The molecule has 24 heavy (non-hydrogen) atoms. The van der Waals surface area contributed by atoms with Crippen LogP contribution in [0.4, 0.5) is 5.69 Å². The summed E-state index contributed by atoms with van der Waals surface area (Å²) in [7, 11) is -3.37. The van der Waals surface area contributed by atoms with Gasteiger partial charge >= 0.3 is 0 Å². The molecule has 6 heteroatoms. The topological polar surface area (TPSA) is 75.3 Å². The summed E-state index contributed by atoms with van der Waals surface area (Å²) in [6, 6.07) is 16.0. The zero-order valence-corrected chi connectivity index (χ0v) is 14.6. The minimum Gasteiger partial charge on any atom is -0.346 e. The fourth-order valence-electron chi connectivity index (χ4n) is 2.33. The number of sulfonamides is 1. The summed E-state index contributed by atoms with van der Waals surface area (Å²) in [5.41, 5.74) is 1.81. The van der Waals surface area contributed by atoms with Gasteiger partial charge in [-0.05, 0) is 37.1 Å². The molecule has 2 rings (SSSR count). The van der Waals surface area contributed by atoms with Gasteiger partial charge in [-0.1, -0.05) is 43.3 Å². The number of anilines is 1. The second kappa shape index (κ2) is 7.97. The molecular weight excluding hydrogens is 324 g/mol. The van der Waals surface area contributed by atoms with Gasteiger partial charge in [0.05, 0.1) is 11.8 Å². The molecule has 0 saturated heterocycles. The largest absolute Gasteiger partial charge is 0.346 e. The Hall–Kier alpha value is -2.34. The number of hydrogen-bond donors (Lipinski definition) is 2. The summed E-state index contributed by atoms with van der Waals surface area (Å²) >= 11 is 0. The van der Waals surface area contributed by atoms with Crippen LogP contribution in [0.1, 0.15) is 42.2 Å². The van der Waals surface area contributed by atoms with Crippen LogP contribution in [-0.2, 0) is 10.0 Å². The SMILES string of the molecule is CCCS(=O)(=O)Nc1cccc(C(=O)NC(C)c2ccccc2)c1. The van der Waals surface area contributed by atoms with Crippen molar-refractivity contribution >= 4 is 21.6 Å². The lowest BCUT2D eigenvalue weighted by Crippen LogP contribution is -2.26. The van der Waals surface area contributed by atoms with E-state index in [1.54, 1.807) is 31.2 Å². The minimum absolute atomic E-state index is 0.0501. The Bertz CT molecular complexity index is 789. The molecular formula is C18H22N2O3S. The van der Waals surface area contributed by atoms with Crippen LogP contribution in [0, 0.1) is 0 Å². The van der Waals surface area contributed by atoms with Crippen LogP contribution in [0.15, 0.2) is 54.6 Å². The third-order valence-electron chi connectivity index (χ3n) is 3.52. The lowest BCUT2D eigenvalue weighted by Gasteiger charge is -2.15. The van der Waals surface area contributed by atoms with Gasteiger partial charge in [0.25, 0.3) is 5.91 Å². The Labute approximate surface area is 143 Å². The summed E-state index contributed by atoms with van der Waals surface area (Å²) in [6.45, 7) is 3.70. The summed E-state index contributed by atoms with van der Waals surface area (Å²) in [5, 5.41) is 2.91. The molecule has 0 spiro atoms. The second-order valence-electron chi connectivity index (χ2n) is 5.61. The molecule has 0 aromatic heterocycles. The molecule has 0 bridgehead atoms. The van der Waals surface area contributed by atoms with Gasteiger partial charge in [0, 0.05) is 11.3 Å². The maximum Gasteiger partial charge on any atom is 0.251 e. The number of hydrogen-bond acceptors (Lipinski definition) is 3. The molecule has 5 nitrogen and oxygen atoms in total. The summed E-state index contributed by atoms with van der Waals surface area (Å²) in [6.07, 6.45) is 0.532. The molecule has 0 aliphatic heterocycles. The highest BCUT2D eigenvalue weighted by molar-refractivity contribution is 7.92. The molecule has 1 amide bonds. The van der Waals surface area contributed by atoms with Gasteiger partial charge in [-0.25, -0.2) is 8.42 Å². The average Bonchev–Trinajstić information content (AvgIpc) is 2.55. The highest BCUT2D eigenvalue weighted by Gasteiger charge is 2.13. The van der Waals surface area contributed by atoms with Crippen LogP contribution in [0.25, 0.3) is 0 Å². The summed E-state index contributed by atoms with van der Waals surface area (Å²) in [4.78, 5) is 12.4. The summed E-state index contributed by atoms with van der Waals surface area (Å²) < 4.78 is 26.2. The summed E-state index contributed by atoms with van der Waals surface area (Å²) in [5.74, 6) is -0.197. The fraction of sp³-hybridized carbons (Fsp3) is 0.278. The first kappa shape index (κ1) is 18.0. The van der Waals surface area contributed by atoms with Crippen LogP contribution in [0.2, 0.25) is 0 Å². The minimum atomic E-state index is -3.37. The quantitative estimate of drug-likeness (QED) is 0.807. The maximum atomic E-state index is 12.4. The molecule has 1 unspecified atom stereocenters. The molecule has 1 atom stereocenters. The van der Waals surface area contributed by atoms with Crippen LogP contribution < -0.4 is 10.0 Å². The predicted molar refractivity (Wildman–Crippen MR) is 96.5 cm³/mol. The van der Waals surface area contributed by atoms with Gasteiger partial charge < -0.3 is 5.32 Å². The molecule has 0 radical (unpaired) electrons. The van der Waals surface area contributed by atoms with E-state index in [1.807, 2.05) is 37.3 Å². The fourth-order valence-corrected chi connectivity index (χ4v) is 3.45. The number of benzene rings is 2. The van der Waals surface area contributed by atoms with E-state index < -0.39 is 10.0 Å². The number of carbonyl (C=O) groups is 1. The molecule has 0 saturated carbocycles. The molecule has 2 aromatic rings. The van der Waals surface area contributed by atoms with Crippen molar-refractivity contribution in [3.63, 3.8) is 0 Å². The molecule has 2 aromatic carbocycles. The smallest absolute Gasteiger partial charge is 0.251 e. The van der Waals surface area contributed by atoms with Crippen molar-refractivity contribution in [1.29, 1.82) is 0 Å². The third-order valence-corrected chi connectivity index (χ3v) is 5.01. The van der Waals surface area contributed by atoms with Gasteiger partial charge in [0.2, 0.25) is 10.0 Å². The monoisotopic (exact) mass is 346 g/mol. The highest BCUT2D eigenvalue weighted by Crippen LogP contribution is 2.16. The van der Waals surface area contributed by atoms with Gasteiger partial charge in [0.15, 0.2) is 0 Å². The van der Waals surface area contributed by atoms with Crippen LogP contribution >= 0.6 is 0 Å². The third kappa shape index (κ3) is 5.09. The molecule has 0 aliphatic carbocycles. The van der Waals surface area contributed by atoms with Gasteiger partial charge in [-0.3, -0.25) is 9.52 Å². The Morgan fingerprint density at radius 1 is 1.08 bits per heavy atom. The number of nitrogens with one attached hydrogen (secondary N) is 2. The second-order valence-corrected chi connectivity index (χ2v) is 7.45. The van der Waals surface area contributed by atoms with E-state index >= 15 is 0 Å². The van der Waals surface area contributed by atoms with Crippen LogP contribution in [0.5, 0.6) is 0 Å². The van der Waals surface area contributed by atoms with Crippen molar-refractivity contribution in [3.05, 3.63) is 65.7 Å². The van der Waals surface area contributed by atoms with E-state index in [1.165, 1.54) is 0 Å². The molecule has 0 heterocycles. The Morgan fingerprint density at radius 2 is 1.79 bits per heavy atom. The van der Waals surface area contributed by atoms with E-state index in [0.717, 1.165) is 5.56 Å². The molecule has 128 valence electrons. The van der Waals surface area contributed by atoms with E-state index in [0.29, 0.717) is 17.7 Å². The van der Waals surface area contributed by atoms with E-state index in [9.17, 15) is 13.2 Å². The maximum absolute atomic E-state index is 12.4. The van der Waals surface area contributed by atoms with E-state index in [4.69, 9.17) is 0 Å². The highest BCUT2D eigenvalue weighted by atomic mass is 32.2. The average molecular weight is 346 g/mol. The van der Waals surface area contributed by atoms with Crippen molar-refractivity contribution in [1.82, 2.24) is 5.32 Å². The van der Waals surface area contributed by atoms with Crippen molar-refractivity contribution in [2.45, 2.75) is 26.3 Å². The van der Waals surface area contributed by atoms with Gasteiger partial charge in [-0.15, -0.1) is 0 Å². The van der Waals surface area contributed by atoms with Crippen molar-refractivity contribution < 1.29 is 13.2 Å². The van der Waals surface area contributed by atoms with Crippen molar-refractivity contribution in [3.8, 4) is 0 Å². The Morgan fingerprint density at radius 3 is 2.46 bits per heavy atom. The number of carbonyl (C=O) groups excluding carboxylic acids is 1. The van der Waals surface area contributed by atoms with Crippen LogP contribution in [-0.4, -0.2) is 20.1 Å². The Balaban J connectivity index is 2.09. The first-order chi connectivity index (χ1) is 11.4. The Kier molecular flexibility index (Phi) is 5.98. The van der Waals surface area contributed by atoms with Crippen molar-refractivity contribution in [2.75, 3.05) is 10.5 Å². The predicted octanol–water partition coefficient (Wildman–Crippen LogP) is 3.33. The van der Waals surface area contributed by atoms with Crippen molar-refractivity contribution in [2.24, 2.45) is 0 Å². The molecule has 0 aliphatic rings. The molecule has 2 N–H and O–H groups in total. The standard InChI is InChI=1S/C18H22N2O3S/c1-3-12-24(22,23)20-17-11-7-10-16(13-17)18(21)19-14(2)15-8-5-4-6-9-15/h4-11,13-14,20H,3,12H2,1-2H3,(H,19,21). The normalized spacial score (nSPS) is 12.4. The lowest BCUT2D eigenvalue weighted by molar-refractivity contribution is 0.0940. The zero-order chi connectivity index (χ0) is 17.6. The van der Waals surface area contributed by atoms with E-state index in [-0.39, 0.29) is 17.7 Å². The first-order valence-corrected chi connectivity index (χ1v) is 9.53. The van der Waals surface area contributed by atoms with E-state index in [2.05, 4.69) is 10.0 Å². The lowest BCUT2D eigenvalue weighted by atomic mass is 10.1. The number of rotatable bonds is 7. The van der Waals surface area contributed by atoms with Gasteiger partial charge in [0.1, 0.15) is 0 Å². The zero-order valence-electron chi connectivity index (χ0n) is 13.8. The first-order valence-electron chi connectivity index (χ1n) is 7.87. The van der Waals surface area contributed by atoms with Crippen LogP contribution in [0.3, 0.4) is 0 Å².